The lowest BCUT2D eigenvalue weighted by Gasteiger charge is -2.31. The van der Waals surface area contributed by atoms with Crippen molar-refractivity contribution >= 4 is 21.4 Å². The lowest BCUT2D eigenvalue weighted by atomic mass is 10.0. The molecular formula is C16H18N2O2S. The number of fused-ring (bicyclic) bond motifs is 1. The van der Waals surface area contributed by atoms with Crippen molar-refractivity contribution in [2.45, 2.75) is 17.7 Å². The van der Waals surface area contributed by atoms with Crippen LogP contribution in [-0.4, -0.2) is 22.0 Å². The third kappa shape index (κ3) is 2.38. The molecule has 0 amide bonds. The van der Waals surface area contributed by atoms with E-state index < -0.39 is 10.0 Å². The molecule has 0 radical (unpaired) electrons. The van der Waals surface area contributed by atoms with Crippen LogP contribution in [0.15, 0.2) is 53.4 Å². The van der Waals surface area contributed by atoms with Gasteiger partial charge in [0.05, 0.1) is 11.4 Å². The molecular weight excluding hydrogens is 284 g/mol. The normalized spacial score (nSPS) is 14.6. The van der Waals surface area contributed by atoms with E-state index in [0.29, 0.717) is 17.1 Å². The van der Waals surface area contributed by atoms with Gasteiger partial charge in [0, 0.05) is 13.6 Å². The monoisotopic (exact) mass is 302 g/mol. The predicted molar refractivity (Wildman–Crippen MR) is 85.3 cm³/mol. The van der Waals surface area contributed by atoms with Crippen LogP contribution in [0.2, 0.25) is 0 Å². The van der Waals surface area contributed by atoms with Crippen LogP contribution >= 0.6 is 0 Å². The van der Waals surface area contributed by atoms with E-state index in [-0.39, 0.29) is 0 Å². The molecule has 0 atom stereocenters. The summed E-state index contributed by atoms with van der Waals surface area (Å²) in [4.78, 5) is 0.323. The summed E-state index contributed by atoms with van der Waals surface area (Å²) in [7, 11) is -1.81. The fourth-order valence-corrected chi connectivity index (χ4v) is 4.51. The maximum absolute atomic E-state index is 13.0. The largest absolute Gasteiger partial charge is 0.387 e. The van der Waals surface area contributed by atoms with Crippen LogP contribution in [0, 0.1) is 0 Å². The van der Waals surface area contributed by atoms with E-state index in [1.54, 1.807) is 25.2 Å². The summed E-state index contributed by atoms with van der Waals surface area (Å²) in [5, 5.41) is 2.96. The van der Waals surface area contributed by atoms with Gasteiger partial charge in [-0.3, -0.25) is 4.31 Å². The maximum atomic E-state index is 13.0. The number of aryl methyl sites for hydroxylation is 1. The van der Waals surface area contributed by atoms with Crippen molar-refractivity contribution in [3.05, 3.63) is 54.1 Å². The molecule has 21 heavy (non-hydrogen) atoms. The lowest BCUT2D eigenvalue weighted by molar-refractivity contribution is 0.587. The molecule has 0 saturated heterocycles. The summed E-state index contributed by atoms with van der Waals surface area (Å²) >= 11 is 0. The second kappa shape index (κ2) is 5.41. The minimum atomic E-state index is -3.55. The number of nitrogens with one attached hydrogen (secondary N) is 1. The smallest absolute Gasteiger partial charge is 0.266 e. The number of benzene rings is 2. The topological polar surface area (TPSA) is 49.4 Å². The minimum Gasteiger partial charge on any atom is -0.387 e. The first-order valence-electron chi connectivity index (χ1n) is 7.02. The molecule has 2 aromatic carbocycles. The van der Waals surface area contributed by atoms with Gasteiger partial charge < -0.3 is 5.32 Å². The molecule has 110 valence electrons. The van der Waals surface area contributed by atoms with Gasteiger partial charge in [-0.15, -0.1) is 0 Å². The highest BCUT2D eigenvalue weighted by Crippen LogP contribution is 2.33. The van der Waals surface area contributed by atoms with Crippen LogP contribution in [0.25, 0.3) is 0 Å². The summed E-state index contributed by atoms with van der Waals surface area (Å²) in [6.45, 7) is 0.525. The maximum Gasteiger partial charge on any atom is 0.266 e. The number of nitrogens with zero attached hydrogens (tertiary/aromatic N) is 1. The molecule has 2 aromatic rings. The second-order valence-corrected chi connectivity index (χ2v) is 6.89. The molecule has 0 saturated carbocycles. The van der Waals surface area contributed by atoms with Crippen LogP contribution in [0.3, 0.4) is 0 Å². The standard InChI is InChI=1S/C16H18N2O2S/c1-17-14-9-3-5-11-16(14)21(19,20)18-12-6-8-13-7-2-4-10-15(13)18/h2-5,7,9-11,17H,6,8,12H2,1H3. The first-order chi connectivity index (χ1) is 10.1. The van der Waals surface area contributed by atoms with E-state index in [0.717, 1.165) is 24.1 Å². The Hall–Kier alpha value is -2.01. The molecule has 5 heteroatoms. The number of hydrogen-bond donors (Lipinski definition) is 1. The Bertz CT molecular complexity index is 756. The Morgan fingerprint density at radius 1 is 1.05 bits per heavy atom. The van der Waals surface area contributed by atoms with Gasteiger partial charge in [-0.2, -0.15) is 0 Å². The van der Waals surface area contributed by atoms with Crippen molar-refractivity contribution in [3.63, 3.8) is 0 Å². The number of para-hydroxylation sites is 2. The highest BCUT2D eigenvalue weighted by Gasteiger charge is 2.30. The molecule has 3 rings (SSSR count). The lowest BCUT2D eigenvalue weighted by Crippen LogP contribution is -2.35. The fourth-order valence-electron chi connectivity index (χ4n) is 2.77. The molecule has 0 spiro atoms. The molecule has 0 fully saturated rings. The zero-order valence-corrected chi connectivity index (χ0v) is 12.7. The summed E-state index contributed by atoms with van der Waals surface area (Å²) < 4.78 is 27.6. The Labute approximate surface area is 125 Å². The van der Waals surface area contributed by atoms with Crippen molar-refractivity contribution in [1.82, 2.24) is 0 Å². The highest BCUT2D eigenvalue weighted by atomic mass is 32.2. The molecule has 1 N–H and O–H groups in total. The van der Waals surface area contributed by atoms with E-state index in [4.69, 9.17) is 0 Å². The van der Waals surface area contributed by atoms with Crippen LogP contribution in [0.4, 0.5) is 11.4 Å². The average molecular weight is 302 g/mol. The van der Waals surface area contributed by atoms with Gasteiger partial charge in [-0.25, -0.2) is 8.42 Å². The first kappa shape index (κ1) is 13.9. The van der Waals surface area contributed by atoms with Gasteiger partial charge >= 0.3 is 0 Å². The zero-order valence-electron chi connectivity index (χ0n) is 11.9. The summed E-state index contributed by atoms with van der Waals surface area (Å²) in [6, 6.07) is 14.7. The minimum absolute atomic E-state index is 0.323. The van der Waals surface area contributed by atoms with E-state index in [9.17, 15) is 8.42 Å². The van der Waals surface area contributed by atoms with Crippen molar-refractivity contribution in [2.75, 3.05) is 23.2 Å². The highest BCUT2D eigenvalue weighted by molar-refractivity contribution is 7.93. The van der Waals surface area contributed by atoms with E-state index in [2.05, 4.69) is 5.32 Å². The molecule has 1 aliphatic heterocycles. The number of anilines is 2. The molecule has 1 aliphatic rings. The van der Waals surface area contributed by atoms with E-state index in [1.807, 2.05) is 30.3 Å². The van der Waals surface area contributed by atoms with Crippen LogP contribution < -0.4 is 9.62 Å². The van der Waals surface area contributed by atoms with Crippen molar-refractivity contribution in [2.24, 2.45) is 0 Å². The molecule has 0 unspecified atom stereocenters. The third-order valence-electron chi connectivity index (χ3n) is 3.79. The second-order valence-electron chi connectivity index (χ2n) is 5.06. The molecule has 1 heterocycles. The first-order valence-corrected chi connectivity index (χ1v) is 8.46. The van der Waals surface area contributed by atoms with Crippen molar-refractivity contribution in [1.29, 1.82) is 0 Å². The Kier molecular flexibility index (Phi) is 3.59. The number of sulfonamides is 1. The van der Waals surface area contributed by atoms with Crippen molar-refractivity contribution in [3.8, 4) is 0 Å². The quantitative estimate of drug-likeness (QED) is 0.948. The molecule has 4 nitrogen and oxygen atoms in total. The molecule has 0 bridgehead atoms. The fraction of sp³-hybridized carbons (Fsp3) is 0.250. The number of rotatable bonds is 3. The summed E-state index contributed by atoms with van der Waals surface area (Å²) in [6.07, 6.45) is 1.77. The third-order valence-corrected chi connectivity index (χ3v) is 5.66. The zero-order chi connectivity index (χ0) is 14.9. The molecule has 0 aromatic heterocycles. The van der Waals surface area contributed by atoms with Crippen LogP contribution in [0.5, 0.6) is 0 Å². The van der Waals surface area contributed by atoms with Crippen LogP contribution in [0.1, 0.15) is 12.0 Å². The van der Waals surface area contributed by atoms with Crippen molar-refractivity contribution < 1.29 is 8.42 Å². The van der Waals surface area contributed by atoms with Gasteiger partial charge in [0.2, 0.25) is 0 Å². The summed E-state index contributed by atoms with van der Waals surface area (Å²) in [5.41, 5.74) is 2.52. The Balaban J connectivity index is 2.12. The predicted octanol–water partition coefficient (Wildman–Crippen LogP) is 2.87. The molecule has 0 aliphatic carbocycles. The van der Waals surface area contributed by atoms with Gasteiger partial charge in [0.15, 0.2) is 0 Å². The van der Waals surface area contributed by atoms with E-state index in [1.165, 1.54) is 4.31 Å². The van der Waals surface area contributed by atoms with Gasteiger partial charge in [0.25, 0.3) is 10.0 Å². The summed E-state index contributed by atoms with van der Waals surface area (Å²) in [5.74, 6) is 0. The van der Waals surface area contributed by atoms with E-state index >= 15 is 0 Å². The number of hydrogen-bond acceptors (Lipinski definition) is 3. The SMILES string of the molecule is CNc1ccccc1S(=O)(=O)N1CCCc2ccccc21. The van der Waals surface area contributed by atoms with Gasteiger partial charge in [-0.1, -0.05) is 30.3 Å². The van der Waals surface area contributed by atoms with Gasteiger partial charge in [-0.05, 0) is 36.6 Å². The van der Waals surface area contributed by atoms with Crippen LogP contribution in [-0.2, 0) is 16.4 Å². The van der Waals surface area contributed by atoms with Gasteiger partial charge in [0.1, 0.15) is 4.90 Å². The average Bonchev–Trinajstić information content (AvgIpc) is 2.54. The Morgan fingerprint density at radius 2 is 1.76 bits per heavy atom. The Morgan fingerprint density at radius 3 is 2.57 bits per heavy atom.